The fourth-order valence-electron chi connectivity index (χ4n) is 4.22. The third kappa shape index (κ3) is 4.98. The van der Waals surface area contributed by atoms with Gasteiger partial charge in [-0.3, -0.25) is 0 Å². The Morgan fingerprint density at radius 2 is 1.86 bits per heavy atom. The topological polar surface area (TPSA) is 46.1 Å². The van der Waals surface area contributed by atoms with Crippen LogP contribution in [0, 0.1) is 5.82 Å². The third-order valence-corrected chi connectivity index (χ3v) is 6.55. The highest BCUT2D eigenvalue weighted by Gasteiger charge is 2.20. The molecule has 5 nitrogen and oxygen atoms in total. The van der Waals surface area contributed by atoms with Crippen molar-refractivity contribution in [2.75, 3.05) is 27.2 Å². The molecule has 2 aromatic heterocycles. The number of aromatic amines is 1. The first-order valence-electron chi connectivity index (χ1n) is 11.5. The summed E-state index contributed by atoms with van der Waals surface area (Å²) in [5, 5.41) is 1.42. The van der Waals surface area contributed by atoms with Crippen molar-refractivity contribution < 1.29 is 9.13 Å². The minimum Gasteiger partial charge on any atom is -0.492 e. The summed E-state index contributed by atoms with van der Waals surface area (Å²) in [6, 6.07) is 18.7. The predicted molar refractivity (Wildman–Crippen MR) is 145 cm³/mol. The first kappa shape index (κ1) is 24.4. The number of hydrogen-bond acceptors (Lipinski definition) is 3. The maximum absolute atomic E-state index is 14.5. The van der Waals surface area contributed by atoms with Gasteiger partial charge >= 0.3 is 0 Å². The van der Waals surface area contributed by atoms with Crippen molar-refractivity contribution in [1.82, 2.24) is 19.4 Å². The van der Waals surface area contributed by atoms with Crippen molar-refractivity contribution >= 4 is 34.1 Å². The summed E-state index contributed by atoms with van der Waals surface area (Å²) in [6.45, 7) is 1.81. The molecule has 0 amide bonds. The summed E-state index contributed by atoms with van der Waals surface area (Å²) in [5.74, 6) is 0.258. The van der Waals surface area contributed by atoms with Crippen LogP contribution in [0.3, 0.4) is 0 Å². The van der Waals surface area contributed by atoms with Crippen LogP contribution in [0.15, 0.2) is 73.2 Å². The Morgan fingerprint density at radius 3 is 2.64 bits per heavy atom. The van der Waals surface area contributed by atoms with E-state index >= 15 is 0 Å². The highest BCUT2D eigenvalue weighted by atomic mass is 35.5. The van der Waals surface area contributed by atoms with Crippen molar-refractivity contribution in [2.45, 2.75) is 6.54 Å². The summed E-state index contributed by atoms with van der Waals surface area (Å²) in [4.78, 5) is 10.1. The standard InChI is InChI=1S/C28H25Cl2FN4O/c1-34(2)10-11-36-26-12-20(29)9-8-19(26)16-35-17-33-27(18-6-4-3-5-7-18)28(35)22-15-32-25-14-23(30)24(31)13-21(22)25/h3-9,12-15,17,32H,10-11,16H2,1-2H3. The van der Waals surface area contributed by atoms with Gasteiger partial charge in [0.15, 0.2) is 0 Å². The van der Waals surface area contributed by atoms with E-state index in [0.717, 1.165) is 51.3 Å². The van der Waals surface area contributed by atoms with E-state index < -0.39 is 5.82 Å². The van der Waals surface area contributed by atoms with E-state index in [9.17, 15) is 4.39 Å². The number of imidazole rings is 1. The molecule has 0 spiro atoms. The Hall–Kier alpha value is -3.32. The molecule has 0 aliphatic rings. The Morgan fingerprint density at radius 1 is 1.06 bits per heavy atom. The summed E-state index contributed by atoms with van der Waals surface area (Å²) in [7, 11) is 4.00. The second-order valence-electron chi connectivity index (χ2n) is 8.85. The van der Waals surface area contributed by atoms with Crippen LogP contribution in [0.5, 0.6) is 5.75 Å². The molecule has 0 bridgehead atoms. The monoisotopic (exact) mass is 522 g/mol. The molecule has 0 aliphatic heterocycles. The van der Waals surface area contributed by atoms with Gasteiger partial charge in [-0.25, -0.2) is 9.37 Å². The molecular formula is C28H25Cl2FN4O. The van der Waals surface area contributed by atoms with Crippen LogP contribution >= 0.6 is 23.2 Å². The first-order chi connectivity index (χ1) is 17.4. The Bertz CT molecular complexity index is 1510. The zero-order valence-corrected chi connectivity index (χ0v) is 21.4. The van der Waals surface area contributed by atoms with E-state index in [1.165, 1.54) is 6.07 Å². The number of ether oxygens (including phenoxy) is 1. The third-order valence-electron chi connectivity index (χ3n) is 6.03. The van der Waals surface area contributed by atoms with Crippen LogP contribution in [-0.2, 0) is 6.54 Å². The molecule has 1 N–H and O–H groups in total. The van der Waals surface area contributed by atoms with Crippen molar-refractivity contribution in [3.63, 3.8) is 0 Å². The van der Waals surface area contributed by atoms with Gasteiger partial charge in [-0.15, -0.1) is 0 Å². The minimum absolute atomic E-state index is 0.0772. The van der Waals surface area contributed by atoms with Crippen LogP contribution in [-0.4, -0.2) is 46.7 Å². The van der Waals surface area contributed by atoms with Gasteiger partial charge in [-0.1, -0.05) is 59.6 Å². The Balaban J connectivity index is 1.62. The molecular weight excluding hydrogens is 498 g/mol. The number of aromatic nitrogens is 3. The summed E-state index contributed by atoms with van der Waals surface area (Å²) in [5.41, 5.74) is 5.18. The maximum Gasteiger partial charge on any atom is 0.142 e. The van der Waals surface area contributed by atoms with Crippen molar-refractivity contribution in [3.8, 4) is 28.3 Å². The lowest BCUT2D eigenvalue weighted by atomic mass is 10.0. The molecule has 0 radical (unpaired) electrons. The molecule has 0 aliphatic carbocycles. The van der Waals surface area contributed by atoms with Crippen LogP contribution in [0.4, 0.5) is 4.39 Å². The van der Waals surface area contributed by atoms with E-state index in [1.807, 2.05) is 68.8 Å². The Kier molecular flexibility index (Phi) is 7.01. The second-order valence-corrected chi connectivity index (χ2v) is 9.70. The zero-order valence-electron chi connectivity index (χ0n) is 19.9. The highest BCUT2D eigenvalue weighted by molar-refractivity contribution is 6.31. The average Bonchev–Trinajstić information content (AvgIpc) is 3.45. The summed E-state index contributed by atoms with van der Waals surface area (Å²) < 4.78 is 22.6. The second kappa shape index (κ2) is 10.3. The number of hydrogen-bond donors (Lipinski definition) is 1. The molecule has 0 fully saturated rings. The van der Waals surface area contributed by atoms with E-state index in [2.05, 4.69) is 14.5 Å². The van der Waals surface area contributed by atoms with Crippen molar-refractivity contribution in [3.05, 3.63) is 94.6 Å². The molecule has 5 rings (SSSR count). The number of nitrogens with zero attached hydrogens (tertiary/aromatic N) is 3. The number of fused-ring (bicyclic) bond motifs is 1. The molecule has 0 saturated carbocycles. The van der Waals surface area contributed by atoms with Gasteiger partial charge in [0.25, 0.3) is 0 Å². The van der Waals surface area contributed by atoms with Crippen LogP contribution in [0.2, 0.25) is 10.0 Å². The van der Waals surface area contributed by atoms with Gasteiger partial charge in [0.05, 0.1) is 29.3 Å². The van der Waals surface area contributed by atoms with E-state index in [4.69, 9.17) is 32.9 Å². The van der Waals surface area contributed by atoms with Gasteiger partial charge in [-0.05, 0) is 38.4 Å². The largest absolute Gasteiger partial charge is 0.492 e. The molecule has 0 saturated heterocycles. The van der Waals surface area contributed by atoms with Gasteiger partial charge in [0, 0.05) is 45.4 Å². The normalized spacial score (nSPS) is 11.5. The molecule has 3 aromatic carbocycles. The molecule has 36 heavy (non-hydrogen) atoms. The van der Waals surface area contributed by atoms with Gasteiger partial charge < -0.3 is 19.2 Å². The van der Waals surface area contributed by atoms with Crippen LogP contribution in [0.1, 0.15) is 5.56 Å². The van der Waals surface area contributed by atoms with E-state index in [0.29, 0.717) is 18.2 Å². The number of benzene rings is 3. The number of H-pyrrole nitrogens is 1. The van der Waals surface area contributed by atoms with Gasteiger partial charge in [-0.2, -0.15) is 0 Å². The lowest BCUT2D eigenvalue weighted by Crippen LogP contribution is -2.20. The molecule has 2 heterocycles. The van der Waals surface area contributed by atoms with Crippen LogP contribution in [0.25, 0.3) is 33.4 Å². The molecule has 0 unspecified atom stereocenters. The van der Waals surface area contributed by atoms with Gasteiger partial charge in [0.2, 0.25) is 0 Å². The lowest BCUT2D eigenvalue weighted by molar-refractivity contribution is 0.259. The van der Waals surface area contributed by atoms with Crippen molar-refractivity contribution in [2.24, 2.45) is 0 Å². The quantitative estimate of drug-likeness (QED) is 0.235. The minimum atomic E-state index is -0.466. The summed E-state index contributed by atoms with van der Waals surface area (Å²) >= 11 is 12.3. The highest BCUT2D eigenvalue weighted by Crippen LogP contribution is 2.38. The zero-order chi connectivity index (χ0) is 25.2. The summed E-state index contributed by atoms with van der Waals surface area (Å²) in [6.07, 6.45) is 3.68. The maximum atomic E-state index is 14.5. The molecule has 0 atom stereocenters. The van der Waals surface area contributed by atoms with Crippen LogP contribution < -0.4 is 4.74 Å². The number of likely N-dealkylation sites (N-methyl/N-ethyl adjacent to an activating group) is 1. The fourth-order valence-corrected chi connectivity index (χ4v) is 4.55. The lowest BCUT2D eigenvalue weighted by Gasteiger charge is -2.16. The number of halogens is 3. The smallest absolute Gasteiger partial charge is 0.142 e. The number of nitrogens with one attached hydrogen (secondary N) is 1. The van der Waals surface area contributed by atoms with E-state index in [1.54, 1.807) is 12.4 Å². The average molecular weight is 523 g/mol. The van der Waals surface area contributed by atoms with E-state index in [-0.39, 0.29) is 5.02 Å². The molecule has 5 aromatic rings. The Labute approximate surface area is 219 Å². The molecule has 184 valence electrons. The predicted octanol–water partition coefficient (Wildman–Crippen LogP) is 7.13. The molecule has 8 heteroatoms. The van der Waals surface area contributed by atoms with Crippen molar-refractivity contribution in [1.29, 1.82) is 0 Å². The van der Waals surface area contributed by atoms with Gasteiger partial charge in [0.1, 0.15) is 18.2 Å². The number of rotatable bonds is 8. The fraction of sp³-hybridized carbons (Fsp3) is 0.179. The first-order valence-corrected chi connectivity index (χ1v) is 12.3. The SMILES string of the molecule is CN(C)CCOc1cc(Cl)ccc1Cn1cnc(-c2ccccc2)c1-c1c[nH]c2cc(Cl)c(F)cc12.